The number of aliphatic hydroxyl groups is 2. The maximum atomic E-state index is 9.38. The van der Waals surface area contributed by atoms with Gasteiger partial charge in [0.2, 0.25) is 0 Å². The molecule has 3 saturated carbocycles. The van der Waals surface area contributed by atoms with Crippen LogP contribution in [-0.4, -0.2) is 67.0 Å². The first kappa shape index (κ1) is 23.7. The Bertz CT molecular complexity index is 615. The van der Waals surface area contributed by atoms with Crippen LogP contribution in [0.5, 0.6) is 0 Å². The molecule has 31 heavy (non-hydrogen) atoms. The zero-order chi connectivity index (χ0) is 22.1. The molecule has 0 radical (unpaired) electrons. The van der Waals surface area contributed by atoms with Crippen molar-refractivity contribution in [1.29, 1.82) is 0 Å². The van der Waals surface area contributed by atoms with Crippen LogP contribution < -0.4 is 0 Å². The second-order valence-corrected chi connectivity index (χ2v) is 11.3. The van der Waals surface area contributed by atoms with Crippen LogP contribution >= 0.6 is 0 Å². The Hall–Kier alpha value is -0.460. The lowest BCUT2D eigenvalue weighted by atomic mass is 9.46. The zero-order valence-electron chi connectivity index (χ0n) is 19.9. The summed E-state index contributed by atoms with van der Waals surface area (Å²) in [6.45, 7) is 12.7. The van der Waals surface area contributed by atoms with Crippen LogP contribution in [-0.2, 0) is 9.47 Å². The Balaban J connectivity index is 1.47. The fourth-order valence-electron chi connectivity index (χ4n) is 7.79. The molecular weight excluding hydrogens is 390 g/mol. The van der Waals surface area contributed by atoms with Gasteiger partial charge in [0.05, 0.1) is 25.9 Å². The highest BCUT2D eigenvalue weighted by atomic mass is 16.7. The summed E-state index contributed by atoms with van der Waals surface area (Å²) in [5.74, 6) is 1.67. The number of rotatable bonds is 8. The molecule has 0 aromatic heterocycles. The fourth-order valence-corrected chi connectivity index (χ4v) is 7.79. The Morgan fingerprint density at radius 1 is 1.00 bits per heavy atom. The standard InChI is InChI=1S/C26H45NO4/c1-19-8-9-22-25(2,21(19)11-13-27(14-16-28)15-17-29)12-10-23-26(22,3)18-30-24(31-23)20-6-4-5-7-20/h20-24,28-29H,1,4-18H2,2-3H3/t21-,22?,23-,24-,25+,26+/m1/s1. The topological polar surface area (TPSA) is 62.2 Å². The lowest BCUT2D eigenvalue weighted by Gasteiger charge is -2.63. The van der Waals surface area contributed by atoms with E-state index in [-0.39, 0.29) is 30.3 Å². The average Bonchev–Trinajstić information content (AvgIpc) is 3.27. The number of fused-ring (bicyclic) bond motifs is 3. The van der Waals surface area contributed by atoms with Gasteiger partial charge in [-0.1, -0.05) is 38.8 Å². The molecule has 1 heterocycles. The Kier molecular flexibility index (Phi) is 7.49. The van der Waals surface area contributed by atoms with Crippen molar-refractivity contribution in [3.63, 3.8) is 0 Å². The molecule has 1 aliphatic heterocycles. The van der Waals surface area contributed by atoms with Crippen molar-refractivity contribution < 1.29 is 19.7 Å². The Labute approximate surface area is 189 Å². The molecule has 5 heteroatoms. The molecule has 2 N–H and O–H groups in total. The first-order valence-corrected chi connectivity index (χ1v) is 12.8. The van der Waals surface area contributed by atoms with E-state index in [4.69, 9.17) is 9.47 Å². The molecule has 1 saturated heterocycles. The smallest absolute Gasteiger partial charge is 0.160 e. The Morgan fingerprint density at radius 2 is 1.71 bits per heavy atom. The lowest BCUT2D eigenvalue weighted by Crippen LogP contribution is -2.62. The van der Waals surface area contributed by atoms with E-state index >= 15 is 0 Å². The minimum atomic E-state index is 0.0183. The van der Waals surface area contributed by atoms with Gasteiger partial charge in [0.1, 0.15) is 0 Å². The molecule has 0 amide bonds. The van der Waals surface area contributed by atoms with Gasteiger partial charge in [-0.2, -0.15) is 0 Å². The number of ether oxygens (including phenoxy) is 2. The third-order valence-corrected chi connectivity index (χ3v) is 9.52. The normalized spacial score (nSPS) is 41.4. The van der Waals surface area contributed by atoms with E-state index in [0.29, 0.717) is 36.9 Å². The summed E-state index contributed by atoms with van der Waals surface area (Å²) in [6.07, 6.45) is 11.2. The molecule has 5 nitrogen and oxygen atoms in total. The molecule has 4 rings (SSSR count). The van der Waals surface area contributed by atoms with Crippen LogP contribution in [0.15, 0.2) is 12.2 Å². The molecule has 0 aromatic rings. The van der Waals surface area contributed by atoms with Crippen LogP contribution in [0, 0.1) is 28.6 Å². The largest absolute Gasteiger partial charge is 0.395 e. The third-order valence-electron chi connectivity index (χ3n) is 9.52. The highest BCUT2D eigenvalue weighted by molar-refractivity contribution is 5.18. The van der Waals surface area contributed by atoms with Crippen molar-refractivity contribution in [3.05, 3.63) is 12.2 Å². The summed E-state index contributed by atoms with van der Waals surface area (Å²) in [6, 6.07) is 0. The number of nitrogens with zero attached hydrogens (tertiary/aromatic N) is 1. The van der Waals surface area contributed by atoms with Gasteiger partial charge in [0.25, 0.3) is 0 Å². The highest BCUT2D eigenvalue weighted by Crippen LogP contribution is 2.63. The van der Waals surface area contributed by atoms with E-state index in [1.54, 1.807) is 0 Å². The first-order chi connectivity index (χ1) is 14.9. The SMILES string of the molecule is C=C1CCC2[C@]3(C)CO[C@@H](C4CCCC4)O[C@@H]3CC[C@@]2(C)[C@@H]1CCN(CCO)CCO. The summed E-state index contributed by atoms with van der Waals surface area (Å²) in [7, 11) is 0. The summed E-state index contributed by atoms with van der Waals surface area (Å²) in [5.41, 5.74) is 1.70. The summed E-state index contributed by atoms with van der Waals surface area (Å²) in [5, 5.41) is 18.8. The van der Waals surface area contributed by atoms with Gasteiger partial charge in [0.15, 0.2) is 6.29 Å². The molecule has 3 aliphatic carbocycles. The quantitative estimate of drug-likeness (QED) is 0.565. The zero-order valence-corrected chi connectivity index (χ0v) is 19.9. The number of hydrogen-bond donors (Lipinski definition) is 2. The minimum absolute atomic E-state index is 0.0183. The third kappa shape index (κ3) is 4.50. The van der Waals surface area contributed by atoms with E-state index in [1.807, 2.05) is 0 Å². The summed E-state index contributed by atoms with van der Waals surface area (Å²) < 4.78 is 13.1. The fraction of sp³-hybridized carbons (Fsp3) is 0.923. The number of hydrogen-bond acceptors (Lipinski definition) is 5. The van der Waals surface area contributed by atoms with Crippen molar-refractivity contribution in [3.8, 4) is 0 Å². The van der Waals surface area contributed by atoms with Crippen LogP contribution in [0.4, 0.5) is 0 Å². The van der Waals surface area contributed by atoms with Crippen molar-refractivity contribution >= 4 is 0 Å². The van der Waals surface area contributed by atoms with Gasteiger partial charge < -0.3 is 19.7 Å². The van der Waals surface area contributed by atoms with E-state index in [1.165, 1.54) is 44.1 Å². The van der Waals surface area contributed by atoms with Crippen molar-refractivity contribution in [1.82, 2.24) is 4.90 Å². The van der Waals surface area contributed by atoms with Crippen molar-refractivity contribution in [2.24, 2.45) is 28.6 Å². The van der Waals surface area contributed by atoms with E-state index < -0.39 is 0 Å². The maximum Gasteiger partial charge on any atom is 0.160 e. The van der Waals surface area contributed by atoms with Crippen LogP contribution in [0.3, 0.4) is 0 Å². The average molecular weight is 436 g/mol. The molecule has 0 spiro atoms. The second kappa shape index (κ2) is 9.80. The summed E-state index contributed by atoms with van der Waals surface area (Å²) >= 11 is 0. The predicted molar refractivity (Wildman–Crippen MR) is 123 cm³/mol. The van der Waals surface area contributed by atoms with Crippen LogP contribution in [0.25, 0.3) is 0 Å². The summed E-state index contributed by atoms with van der Waals surface area (Å²) in [4.78, 5) is 2.19. The van der Waals surface area contributed by atoms with Gasteiger partial charge in [0, 0.05) is 24.4 Å². The van der Waals surface area contributed by atoms with Gasteiger partial charge in [-0.25, -0.2) is 0 Å². The monoisotopic (exact) mass is 435 g/mol. The molecule has 178 valence electrons. The van der Waals surface area contributed by atoms with Gasteiger partial charge in [-0.15, -0.1) is 0 Å². The first-order valence-electron chi connectivity index (χ1n) is 12.8. The van der Waals surface area contributed by atoms with Gasteiger partial charge in [-0.05, 0) is 68.7 Å². The van der Waals surface area contributed by atoms with Gasteiger partial charge >= 0.3 is 0 Å². The van der Waals surface area contributed by atoms with E-state index in [9.17, 15) is 10.2 Å². The lowest BCUT2D eigenvalue weighted by molar-refractivity contribution is -0.316. The number of aliphatic hydroxyl groups excluding tert-OH is 2. The molecule has 0 aromatic carbocycles. The van der Waals surface area contributed by atoms with E-state index in [2.05, 4.69) is 25.3 Å². The molecular formula is C26H45NO4. The second-order valence-electron chi connectivity index (χ2n) is 11.3. The highest BCUT2D eigenvalue weighted by Gasteiger charge is 2.60. The molecule has 6 atom stereocenters. The molecule has 4 fully saturated rings. The van der Waals surface area contributed by atoms with Crippen molar-refractivity contribution in [2.75, 3.05) is 39.5 Å². The molecule has 1 unspecified atom stereocenters. The van der Waals surface area contributed by atoms with Gasteiger partial charge in [-0.3, -0.25) is 4.90 Å². The molecule has 0 bridgehead atoms. The number of allylic oxidation sites excluding steroid dienone is 1. The van der Waals surface area contributed by atoms with Crippen LogP contribution in [0.2, 0.25) is 0 Å². The Morgan fingerprint density at radius 3 is 2.39 bits per heavy atom. The van der Waals surface area contributed by atoms with E-state index in [0.717, 1.165) is 32.4 Å². The van der Waals surface area contributed by atoms with Crippen molar-refractivity contribution in [2.45, 2.75) is 84.0 Å². The maximum absolute atomic E-state index is 9.38. The predicted octanol–water partition coefficient (Wildman–Crippen LogP) is 3.98. The minimum Gasteiger partial charge on any atom is -0.395 e. The molecule has 4 aliphatic rings. The van der Waals surface area contributed by atoms with Crippen LogP contribution in [0.1, 0.15) is 71.6 Å².